The van der Waals surface area contributed by atoms with E-state index < -0.39 is 28.5 Å². The van der Waals surface area contributed by atoms with E-state index in [2.05, 4.69) is 5.32 Å². The molecule has 0 aromatic heterocycles. The number of aryl methyl sites for hydroxylation is 1. The normalized spacial score (nSPS) is 11.9. The Bertz CT molecular complexity index is 1610. The average molecular weight is 632 g/mol. The first-order valence-electron chi connectivity index (χ1n) is 14.7. The van der Waals surface area contributed by atoms with E-state index in [0.717, 1.165) is 33.8 Å². The van der Waals surface area contributed by atoms with Gasteiger partial charge < -0.3 is 10.2 Å². The van der Waals surface area contributed by atoms with Gasteiger partial charge in [-0.25, -0.2) is 8.42 Å². The number of nitrogens with one attached hydrogen (secondary N) is 1. The maximum Gasteiger partial charge on any atom is 0.264 e. The molecular weight excluding hydrogens is 594 g/mol. The van der Waals surface area contributed by atoms with Crippen LogP contribution >= 0.6 is 11.6 Å². The lowest BCUT2D eigenvalue weighted by Gasteiger charge is -2.34. The van der Waals surface area contributed by atoms with Crippen molar-refractivity contribution in [2.24, 2.45) is 0 Å². The van der Waals surface area contributed by atoms with Crippen LogP contribution in [-0.4, -0.2) is 44.3 Å². The van der Waals surface area contributed by atoms with Crippen molar-refractivity contribution in [3.63, 3.8) is 0 Å². The molecule has 4 aromatic carbocycles. The molecule has 0 spiro atoms. The second-order valence-corrected chi connectivity index (χ2v) is 13.0. The molecule has 0 fully saturated rings. The summed E-state index contributed by atoms with van der Waals surface area (Å²) in [7, 11) is -4.17. The lowest BCUT2D eigenvalue weighted by Crippen LogP contribution is -2.53. The van der Waals surface area contributed by atoms with Gasteiger partial charge in [-0.15, -0.1) is 0 Å². The second kappa shape index (κ2) is 15.5. The molecule has 0 bridgehead atoms. The van der Waals surface area contributed by atoms with E-state index in [-0.39, 0.29) is 29.5 Å². The molecule has 0 aliphatic carbocycles. The summed E-state index contributed by atoms with van der Waals surface area (Å²) >= 11 is 6.13. The highest BCUT2D eigenvalue weighted by Crippen LogP contribution is 2.26. The zero-order valence-electron chi connectivity index (χ0n) is 25.0. The van der Waals surface area contributed by atoms with Crippen LogP contribution in [-0.2, 0) is 32.6 Å². The number of hydrogen-bond donors (Lipinski definition) is 1. The van der Waals surface area contributed by atoms with Gasteiger partial charge in [0, 0.05) is 24.5 Å². The molecule has 0 aliphatic heterocycles. The molecule has 1 N–H and O–H groups in total. The lowest BCUT2D eigenvalue weighted by molar-refractivity contribution is -0.140. The quantitative estimate of drug-likeness (QED) is 0.163. The Morgan fingerprint density at radius 2 is 1.41 bits per heavy atom. The Morgan fingerprint density at radius 3 is 2.00 bits per heavy atom. The number of halogens is 1. The van der Waals surface area contributed by atoms with Gasteiger partial charge in [0.05, 0.1) is 10.6 Å². The minimum Gasteiger partial charge on any atom is -0.354 e. The fourth-order valence-electron chi connectivity index (χ4n) is 4.81. The summed E-state index contributed by atoms with van der Waals surface area (Å²) in [4.78, 5) is 29.7. The maximum absolute atomic E-state index is 14.4. The van der Waals surface area contributed by atoms with Crippen LogP contribution in [0.2, 0.25) is 5.02 Å². The van der Waals surface area contributed by atoms with E-state index in [0.29, 0.717) is 11.6 Å². The van der Waals surface area contributed by atoms with Crippen molar-refractivity contribution < 1.29 is 18.0 Å². The summed E-state index contributed by atoms with van der Waals surface area (Å²) in [6.07, 6.45) is 1.97. The Kier molecular flexibility index (Phi) is 11.6. The van der Waals surface area contributed by atoms with E-state index in [1.807, 2.05) is 74.5 Å². The highest BCUT2D eigenvalue weighted by Gasteiger charge is 2.34. The van der Waals surface area contributed by atoms with Crippen LogP contribution in [0.15, 0.2) is 114 Å². The molecule has 0 saturated heterocycles. The molecule has 4 aromatic rings. The number of benzene rings is 4. The number of hydrogen-bond acceptors (Lipinski definition) is 4. The van der Waals surface area contributed by atoms with Gasteiger partial charge in [0.2, 0.25) is 11.8 Å². The molecule has 0 heterocycles. The van der Waals surface area contributed by atoms with E-state index in [1.54, 1.807) is 36.4 Å². The first-order chi connectivity index (χ1) is 21.2. The zero-order valence-corrected chi connectivity index (χ0v) is 26.6. The number of carbonyl (C=O) groups excluding carboxylic acids is 2. The first-order valence-corrected chi connectivity index (χ1v) is 16.5. The fourth-order valence-corrected chi connectivity index (χ4v) is 6.35. The van der Waals surface area contributed by atoms with Gasteiger partial charge in [-0.1, -0.05) is 103 Å². The summed E-state index contributed by atoms with van der Waals surface area (Å²) in [5.74, 6) is -0.794. The number of rotatable bonds is 14. The van der Waals surface area contributed by atoms with E-state index >= 15 is 0 Å². The topological polar surface area (TPSA) is 86.8 Å². The Morgan fingerprint density at radius 1 is 0.818 bits per heavy atom. The van der Waals surface area contributed by atoms with Crippen LogP contribution in [0.3, 0.4) is 0 Å². The average Bonchev–Trinajstić information content (AvgIpc) is 3.03. The second-order valence-electron chi connectivity index (χ2n) is 10.7. The fraction of sp³-hybridized carbons (Fsp3) is 0.257. The SMILES string of the molecule is CCCCNC(=O)C(Cc1ccccc1)N(Cc1ccccc1)C(=O)CN(c1ccc(Cl)cc1)S(=O)(=O)c1ccc(C)cc1. The minimum absolute atomic E-state index is 0.0543. The molecule has 4 rings (SSSR count). The molecule has 7 nitrogen and oxygen atoms in total. The first kappa shape index (κ1) is 32.8. The van der Waals surface area contributed by atoms with Crippen molar-refractivity contribution in [1.82, 2.24) is 10.2 Å². The smallest absolute Gasteiger partial charge is 0.264 e. The van der Waals surface area contributed by atoms with E-state index in [1.165, 1.54) is 17.0 Å². The third-order valence-electron chi connectivity index (χ3n) is 7.30. The van der Waals surface area contributed by atoms with Gasteiger partial charge in [0.1, 0.15) is 12.6 Å². The molecule has 1 unspecified atom stereocenters. The van der Waals surface area contributed by atoms with Crippen LogP contribution in [0, 0.1) is 6.92 Å². The van der Waals surface area contributed by atoms with Crippen molar-refractivity contribution >= 4 is 39.1 Å². The summed E-state index contributed by atoms with van der Waals surface area (Å²) in [5.41, 5.74) is 2.90. The van der Waals surface area contributed by atoms with Crippen LogP contribution in [0.25, 0.3) is 0 Å². The molecule has 2 amide bonds. The summed E-state index contributed by atoms with van der Waals surface area (Å²) in [6.45, 7) is 4.00. The molecule has 1 atom stereocenters. The predicted octanol–water partition coefficient (Wildman–Crippen LogP) is 6.40. The van der Waals surface area contributed by atoms with Gasteiger partial charge in [0.25, 0.3) is 10.0 Å². The lowest BCUT2D eigenvalue weighted by atomic mass is 10.0. The Labute approximate surface area is 265 Å². The van der Waals surface area contributed by atoms with Crippen molar-refractivity contribution in [3.05, 3.63) is 131 Å². The van der Waals surface area contributed by atoms with Crippen molar-refractivity contribution in [3.8, 4) is 0 Å². The Balaban J connectivity index is 1.77. The molecule has 0 saturated carbocycles. The van der Waals surface area contributed by atoms with Crippen LogP contribution in [0.5, 0.6) is 0 Å². The summed E-state index contributed by atoms with van der Waals surface area (Å²) in [6, 6.07) is 30.8. The van der Waals surface area contributed by atoms with Gasteiger partial charge >= 0.3 is 0 Å². The number of anilines is 1. The van der Waals surface area contributed by atoms with Crippen molar-refractivity contribution in [2.45, 2.75) is 50.6 Å². The van der Waals surface area contributed by atoms with E-state index in [9.17, 15) is 18.0 Å². The number of amides is 2. The van der Waals surface area contributed by atoms with Gasteiger partial charge in [-0.05, 0) is 60.9 Å². The third kappa shape index (κ3) is 8.71. The summed E-state index contributed by atoms with van der Waals surface area (Å²) in [5, 5.41) is 3.43. The van der Waals surface area contributed by atoms with Crippen LogP contribution < -0.4 is 9.62 Å². The maximum atomic E-state index is 14.4. The summed E-state index contributed by atoms with van der Waals surface area (Å²) < 4.78 is 29.2. The standard InChI is InChI=1S/C35H38ClN3O4S/c1-3-4-23-37-35(41)33(24-28-11-7-5-8-12-28)38(25-29-13-9-6-10-14-29)34(40)26-39(31-19-17-30(36)18-20-31)44(42,43)32-21-15-27(2)16-22-32/h5-22,33H,3-4,23-26H2,1-2H3,(H,37,41). The van der Waals surface area contributed by atoms with Crippen molar-refractivity contribution in [1.29, 1.82) is 0 Å². The van der Waals surface area contributed by atoms with Crippen molar-refractivity contribution in [2.75, 3.05) is 17.4 Å². The Hall–Kier alpha value is -4.14. The van der Waals surface area contributed by atoms with Gasteiger partial charge in [-0.3, -0.25) is 13.9 Å². The molecular formula is C35H38ClN3O4S. The molecule has 44 heavy (non-hydrogen) atoms. The highest BCUT2D eigenvalue weighted by molar-refractivity contribution is 7.92. The predicted molar refractivity (Wildman–Crippen MR) is 176 cm³/mol. The van der Waals surface area contributed by atoms with Crippen LogP contribution in [0.1, 0.15) is 36.5 Å². The zero-order chi connectivity index (χ0) is 31.5. The van der Waals surface area contributed by atoms with E-state index in [4.69, 9.17) is 11.6 Å². The van der Waals surface area contributed by atoms with Gasteiger partial charge in [0.15, 0.2) is 0 Å². The largest absolute Gasteiger partial charge is 0.354 e. The third-order valence-corrected chi connectivity index (χ3v) is 9.34. The molecule has 230 valence electrons. The molecule has 0 radical (unpaired) electrons. The number of nitrogens with zero attached hydrogens (tertiary/aromatic N) is 2. The number of carbonyl (C=O) groups is 2. The minimum atomic E-state index is -4.17. The molecule has 9 heteroatoms. The van der Waals surface area contributed by atoms with Gasteiger partial charge in [-0.2, -0.15) is 0 Å². The monoisotopic (exact) mass is 631 g/mol. The highest BCUT2D eigenvalue weighted by atomic mass is 35.5. The molecule has 0 aliphatic rings. The van der Waals surface area contributed by atoms with Crippen LogP contribution in [0.4, 0.5) is 5.69 Å². The number of unbranched alkanes of at least 4 members (excludes halogenated alkanes) is 1. The number of sulfonamides is 1.